The lowest BCUT2D eigenvalue weighted by Gasteiger charge is -2.19. The number of esters is 1. The van der Waals surface area contributed by atoms with Crippen LogP contribution < -0.4 is 17.0 Å². The van der Waals surface area contributed by atoms with Gasteiger partial charge in [0.2, 0.25) is 0 Å². The summed E-state index contributed by atoms with van der Waals surface area (Å²) in [5.74, 6) is -0.730. The van der Waals surface area contributed by atoms with Crippen LogP contribution in [-0.4, -0.2) is 61.9 Å². The standard InChI is InChI=1S/C14H22N4O7/c1-3-6(2)9(15)13(22)24-5-7-10(20)11(21)12(25-7)18-14(23)17-8(19)4-16-18/h4,6-7,9-12,20-21H,3,5,15H2,1-2H3,(H,17,19,23)/t6-,7+,9+,10+,11+,12+/m0/s1. The monoisotopic (exact) mass is 358 g/mol. The third kappa shape index (κ3) is 4.12. The van der Waals surface area contributed by atoms with Crippen LogP contribution >= 0.6 is 0 Å². The fourth-order valence-corrected chi connectivity index (χ4v) is 2.36. The molecule has 1 aromatic heterocycles. The van der Waals surface area contributed by atoms with Crippen molar-refractivity contribution >= 4 is 5.97 Å². The Morgan fingerprint density at radius 3 is 2.76 bits per heavy atom. The highest BCUT2D eigenvalue weighted by Gasteiger charge is 2.45. The lowest BCUT2D eigenvalue weighted by atomic mass is 10.0. The molecule has 0 aromatic carbocycles. The Labute approximate surface area is 142 Å². The molecule has 1 aliphatic rings. The topological polar surface area (TPSA) is 170 Å². The van der Waals surface area contributed by atoms with Gasteiger partial charge in [0.05, 0.1) is 0 Å². The molecule has 11 heteroatoms. The molecular weight excluding hydrogens is 336 g/mol. The van der Waals surface area contributed by atoms with Crippen molar-refractivity contribution in [3.8, 4) is 0 Å². The third-order valence-electron chi connectivity index (χ3n) is 4.23. The maximum absolute atomic E-state index is 11.9. The Kier molecular flexibility index (Phi) is 6.06. The average molecular weight is 358 g/mol. The lowest BCUT2D eigenvalue weighted by Crippen LogP contribution is -2.41. The summed E-state index contributed by atoms with van der Waals surface area (Å²) in [6.07, 6.45) is -3.79. The fraction of sp³-hybridized carbons (Fsp3) is 0.714. The number of aromatic amines is 1. The summed E-state index contributed by atoms with van der Waals surface area (Å²) in [7, 11) is 0. The van der Waals surface area contributed by atoms with Crippen molar-refractivity contribution in [1.29, 1.82) is 0 Å². The molecule has 6 atom stereocenters. The van der Waals surface area contributed by atoms with E-state index in [2.05, 4.69) is 5.10 Å². The summed E-state index contributed by atoms with van der Waals surface area (Å²) in [4.78, 5) is 36.6. The molecule has 5 N–H and O–H groups in total. The van der Waals surface area contributed by atoms with Crippen molar-refractivity contribution in [3.63, 3.8) is 0 Å². The van der Waals surface area contributed by atoms with Crippen molar-refractivity contribution in [2.45, 2.75) is 50.8 Å². The summed E-state index contributed by atoms with van der Waals surface area (Å²) in [5.41, 5.74) is 4.14. The van der Waals surface area contributed by atoms with Gasteiger partial charge in [0, 0.05) is 0 Å². The number of hydrogen-bond donors (Lipinski definition) is 4. The average Bonchev–Trinajstić information content (AvgIpc) is 2.86. The van der Waals surface area contributed by atoms with Crippen molar-refractivity contribution < 1.29 is 24.5 Å². The highest BCUT2D eigenvalue weighted by molar-refractivity contribution is 5.75. The minimum absolute atomic E-state index is 0.0795. The zero-order valence-corrected chi connectivity index (χ0v) is 13.9. The molecule has 1 aliphatic heterocycles. The van der Waals surface area contributed by atoms with E-state index in [0.717, 1.165) is 6.20 Å². The smallest absolute Gasteiger partial charge is 0.347 e. The molecule has 0 unspecified atom stereocenters. The summed E-state index contributed by atoms with van der Waals surface area (Å²) in [5, 5.41) is 23.6. The number of carbonyl (C=O) groups excluding carboxylic acids is 1. The molecule has 1 saturated heterocycles. The van der Waals surface area contributed by atoms with Crippen molar-refractivity contribution in [3.05, 3.63) is 27.0 Å². The molecule has 0 saturated carbocycles. The highest BCUT2D eigenvalue weighted by Crippen LogP contribution is 2.28. The molecule has 0 spiro atoms. The van der Waals surface area contributed by atoms with Gasteiger partial charge in [-0.15, -0.1) is 0 Å². The number of aromatic nitrogens is 3. The second kappa shape index (κ2) is 7.87. The minimum Gasteiger partial charge on any atom is -0.462 e. The fourth-order valence-electron chi connectivity index (χ4n) is 2.36. The SMILES string of the molecule is CC[C@H](C)[C@@H](N)C(=O)OC[C@H]1O[C@@H](n2ncc(=O)[nH]c2=O)[C@H](O)[C@@H]1O. The highest BCUT2D eigenvalue weighted by atomic mass is 16.6. The molecule has 0 radical (unpaired) electrons. The Balaban J connectivity index is 2.03. The first-order chi connectivity index (χ1) is 11.8. The van der Waals surface area contributed by atoms with Crippen LogP contribution in [0.1, 0.15) is 26.5 Å². The van der Waals surface area contributed by atoms with Gasteiger partial charge < -0.3 is 25.4 Å². The van der Waals surface area contributed by atoms with Gasteiger partial charge in [-0.2, -0.15) is 9.78 Å². The van der Waals surface area contributed by atoms with E-state index < -0.39 is 47.8 Å². The molecule has 25 heavy (non-hydrogen) atoms. The van der Waals surface area contributed by atoms with Crippen LogP contribution in [0, 0.1) is 5.92 Å². The third-order valence-corrected chi connectivity index (χ3v) is 4.23. The molecule has 2 rings (SSSR count). The molecule has 1 fully saturated rings. The van der Waals surface area contributed by atoms with Crippen LogP contribution in [0.2, 0.25) is 0 Å². The molecule has 2 heterocycles. The second-order valence-electron chi connectivity index (χ2n) is 5.97. The normalized spacial score (nSPS) is 28.5. The number of aliphatic hydroxyl groups excluding tert-OH is 2. The van der Waals surface area contributed by atoms with E-state index in [4.69, 9.17) is 15.2 Å². The predicted octanol–water partition coefficient (Wildman–Crippen LogP) is -2.53. The first-order valence-electron chi connectivity index (χ1n) is 7.88. The summed E-state index contributed by atoms with van der Waals surface area (Å²) in [6, 6.07) is -0.812. The second-order valence-corrected chi connectivity index (χ2v) is 5.97. The Bertz CT molecular complexity index is 718. The molecule has 1 aromatic rings. The Morgan fingerprint density at radius 2 is 2.16 bits per heavy atom. The van der Waals surface area contributed by atoms with E-state index in [-0.39, 0.29) is 12.5 Å². The van der Waals surface area contributed by atoms with E-state index >= 15 is 0 Å². The zero-order valence-electron chi connectivity index (χ0n) is 13.9. The summed E-state index contributed by atoms with van der Waals surface area (Å²) >= 11 is 0. The summed E-state index contributed by atoms with van der Waals surface area (Å²) < 4.78 is 11.1. The maximum atomic E-state index is 11.9. The van der Waals surface area contributed by atoms with Gasteiger partial charge in [0.1, 0.15) is 37.2 Å². The van der Waals surface area contributed by atoms with Gasteiger partial charge in [-0.3, -0.25) is 14.6 Å². The number of nitrogens with one attached hydrogen (secondary N) is 1. The van der Waals surface area contributed by atoms with Crippen molar-refractivity contribution in [2.24, 2.45) is 11.7 Å². The van der Waals surface area contributed by atoms with Crippen LogP contribution in [0.15, 0.2) is 15.8 Å². The van der Waals surface area contributed by atoms with E-state index in [0.29, 0.717) is 11.1 Å². The molecule has 11 nitrogen and oxygen atoms in total. The number of nitrogens with two attached hydrogens (primary N) is 1. The van der Waals surface area contributed by atoms with Gasteiger partial charge in [0.15, 0.2) is 6.23 Å². The number of carbonyl (C=O) groups is 1. The zero-order chi connectivity index (χ0) is 18.7. The van der Waals surface area contributed by atoms with Crippen molar-refractivity contribution in [2.75, 3.05) is 6.61 Å². The van der Waals surface area contributed by atoms with Gasteiger partial charge in [0.25, 0.3) is 5.56 Å². The van der Waals surface area contributed by atoms with Crippen LogP contribution in [0.25, 0.3) is 0 Å². The summed E-state index contributed by atoms with van der Waals surface area (Å²) in [6.45, 7) is 3.34. The van der Waals surface area contributed by atoms with Gasteiger partial charge in [-0.25, -0.2) is 4.79 Å². The number of rotatable bonds is 6. The minimum atomic E-state index is -1.50. The molecular formula is C14H22N4O7. The number of hydrogen-bond acceptors (Lipinski definition) is 9. The van der Waals surface area contributed by atoms with Crippen LogP contribution in [0.3, 0.4) is 0 Å². The maximum Gasteiger partial charge on any atom is 0.347 e. The number of ether oxygens (including phenoxy) is 2. The van der Waals surface area contributed by atoms with Gasteiger partial charge in [-0.05, 0) is 5.92 Å². The van der Waals surface area contributed by atoms with E-state index in [9.17, 15) is 24.6 Å². The van der Waals surface area contributed by atoms with Crippen LogP contribution in [0.4, 0.5) is 0 Å². The van der Waals surface area contributed by atoms with E-state index in [1.165, 1.54) is 0 Å². The molecule has 0 amide bonds. The molecule has 0 bridgehead atoms. The van der Waals surface area contributed by atoms with Gasteiger partial charge in [-0.1, -0.05) is 20.3 Å². The van der Waals surface area contributed by atoms with Gasteiger partial charge >= 0.3 is 11.7 Å². The lowest BCUT2D eigenvalue weighted by molar-refractivity contribution is -0.153. The van der Waals surface area contributed by atoms with Crippen molar-refractivity contribution in [1.82, 2.24) is 14.8 Å². The Morgan fingerprint density at radius 1 is 1.48 bits per heavy atom. The predicted molar refractivity (Wildman–Crippen MR) is 83.4 cm³/mol. The largest absolute Gasteiger partial charge is 0.462 e. The van der Waals surface area contributed by atoms with Crippen LogP contribution in [0.5, 0.6) is 0 Å². The van der Waals surface area contributed by atoms with E-state index in [1.807, 2.05) is 11.9 Å². The Hall–Kier alpha value is -2.08. The number of aliphatic hydroxyl groups is 2. The molecule has 140 valence electrons. The van der Waals surface area contributed by atoms with E-state index in [1.54, 1.807) is 6.92 Å². The quantitative estimate of drug-likeness (QED) is 0.400. The molecule has 0 aliphatic carbocycles. The first kappa shape index (κ1) is 19.2. The van der Waals surface area contributed by atoms with Crippen LogP contribution in [-0.2, 0) is 14.3 Å². The number of H-pyrrole nitrogens is 1. The first-order valence-corrected chi connectivity index (χ1v) is 7.88. The number of nitrogens with zero attached hydrogens (tertiary/aromatic N) is 2.